The van der Waals surface area contributed by atoms with Crippen molar-refractivity contribution < 1.29 is 0 Å². The van der Waals surface area contributed by atoms with E-state index in [4.69, 9.17) is 0 Å². The molecule has 16 heavy (non-hydrogen) atoms. The molecular weight excluding hydrogens is 194 g/mol. The third kappa shape index (κ3) is 4.86. The van der Waals surface area contributed by atoms with Crippen molar-refractivity contribution in [2.24, 2.45) is 17.8 Å². The first-order chi connectivity index (χ1) is 7.49. The van der Waals surface area contributed by atoms with Crippen molar-refractivity contribution in [1.29, 1.82) is 0 Å². The summed E-state index contributed by atoms with van der Waals surface area (Å²) in [5, 5.41) is 0. The van der Waals surface area contributed by atoms with E-state index in [1.165, 1.54) is 38.6 Å². The lowest BCUT2D eigenvalue weighted by molar-refractivity contribution is 0.189. The van der Waals surface area contributed by atoms with E-state index in [-0.39, 0.29) is 0 Å². The zero-order valence-electron chi connectivity index (χ0n) is 12.0. The van der Waals surface area contributed by atoms with Gasteiger partial charge in [0.2, 0.25) is 0 Å². The molecule has 0 aromatic rings. The van der Waals surface area contributed by atoms with E-state index in [0.717, 1.165) is 23.8 Å². The monoisotopic (exact) mass is 225 g/mol. The number of likely N-dealkylation sites (tertiary alicyclic amines) is 1. The van der Waals surface area contributed by atoms with Crippen LogP contribution in [0.1, 0.15) is 59.8 Å². The van der Waals surface area contributed by atoms with Gasteiger partial charge < -0.3 is 4.90 Å². The third-order valence-corrected chi connectivity index (χ3v) is 3.87. The molecule has 0 aromatic carbocycles. The Morgan fingerprint density at radius 3 is 2.19 bits per heavy atom. The Morgan fingerprint density at radius 2 is 1.62 bits per heavy atom. The minimum absolute atomic E-state index is 0.842. The molecule has 1 aliphatic heterocycles. The molecule has 2 atom stereocenters. The third-order valence-electron chi connectivity index (χ3n) is 3.87. The van der Waals surface area contributed by atoms with Crippen molar-refractivity contribution in [2.75, 3.05) is 13.6 Å². The molecule has 0 bridgehead atoms. The molecule has 1 nitrogen and oxygen atoms in total. The Morgan fingerprint density at radius 1 is 1.00 bits per heavy atom. The average molecular weight is 225 g/mol. The van der Waals surface area contributed by atoms with Gasteiger partial charge in [-0.3, -0.25) is 0 Å². The van der Waals surface area contributed by atoms with E-state index in [0.29, 0.717) is 0 Å². The number of hydrogen-bond donors (Lipinski definition) is 0. The van der Waals surface area contributed by atoms with Crippen LogP contribution in [0.4, 0.5) is 0 Å². The molecule has 1 fully saturated rings. The molecule has 1 heteroatoms. The summed E-state index contributed by atoms with van der Waals surface area (Å²) in [5.41, 5.74) is 0. The molecule has 0 saturated carbocycles. The molecule has 0 aliphatic carbocycles. The van der Waals surface area contributed by atoms with Gasteiger partial charge in [-0.25, -0.2) is 0 Å². The summed E-state index contributed by atoms with van der Waals surface area (Å²) in [6, 6.07) is 0.845. The lowest BCUT2D eigenvalue weighted by Crippen LogP contribution is -2.34. The molecule has 0 radical (unpaired) electrons. The van der Waals surface area contributed by atoms with Gasteiger partial charge in [0.15, 0.2) is 0 Å². The smallest absolute Gasteiger partial charge is 0.00947 e. The Hall–Kier alpha value is -0.0400. The maximum absolute atomic E-state index is 2.64. The fourth-order valence-electron chi connectivity index (χ4n) is 3.21. The minimum atomic E-state index is 0.842. The summed E-state index contributed by atoms with van der Waals surface area (Å²) in [6.45, 7) is 10.7. The molecule has 0 unspecified atom stereocenters. The van der Waals surface area contributed by atoms with E-state index in [1.54, 1.807) is 0 Å². The van der Waals surface area contributed by atoms with Gasteiger partial charge in [-0.2, -0.15) is 0 Å². The van der Waals surface area contributed by atoms with Crippen molar-refractivity contribution in [3.05, 3.63) is 0 Å². The van der Waals surface area contributed by atoms with Crippen LogP contribution in [0, 0.1) is 17.8 Å². The summed E-state index contributed by atoms with van der Waals surface area (Å²) < 4.78 is 0. The number of hydrogen-bond acceptors (Lipinski definition) is 1. The Balaban J connectivity index is 2.45. The van der Waals surface area contributed by atoms with Gasteiger partial charge in [0.05, 0.1) is 0 Å². The van der Waals surface area contributed by atoms with Gasteiger partial charge in [0.25, 0.3) is 0 Å². The predicted molar refractivity (Wildman–Crippen MR) is 72.7 cm³/mol. The van der Waals surface area contributed by atoms with Crippen LogP contribution < -0.4 is 0 Å². The lowest BCUT2D eigenvalue weighted by Gasteiger charge is -2.29. The van der Waals surface area contributed by atoms with Gasteiger partial charge >= 0.3 is 0 Å². The van der Waals surface area contributed by atoms with Crippen LogP contribution in [0.15, 0.2) is 0 Å². The maximum Gasteiger partial charge on any atom is 0.00947 e. The average Bonchev–Trinajstić information content (AvgIpc) is 2.27. The van der Waals surface area contributed by atoms with Gasteiger partial charge in [-0.05, 0) is 50.5 Å². The van der Waals surface area contributed by atoms with Crippen molar-refractivity contribution >= 4 is 0 Å². The molecule has 0 N–H and O–H groups in total. The Labute approximate surface area is 103 Å². The largest absolute Gasteiger partial charge is 0.303 e. The lowest BCUT2D eigenvalue weighted by atomic mass is 9.93. The Kier molecular flexibility index (Phi) is 5.82. The highest BCUT2D eigenvalue weighted by atomic mass is 15.1. The maximum atomic E-state index is 2.64. The van der Waals surface area contributed by atoms with E-state index in [9.17, 15) is 0 Å². The highest BCUT2D eigenvalue weighted by Crippen LogP contribution is 2.27. The molecule has 96 valence electrons. The standard InChI is InChI=1S/C15H31N/c1-12(2)9-14-7-6-8-15(10-13(3)4)16(5)11-14/h12-15H,6-11H2,1-5H3/t14-,15+/m1/s1. The van der Waals surface area contributed by atoms with Crippen molar-refractivity contribution in [3.63, 3.8) is 0 Å². The van der Waals surface area contributed by atoms with E-state index < -0.39 is 0 Å². The fourth-order valence-corrected chi connectivity index (χ4v) is 3.21. The Bertz CT molecular complexity index is 186. The molecule has 1 aliphatic rings. The van der Waals surface area contributed by atoms with E-state index >= 15 is 0 Å². The molecule has 0 aromatic heterocycles. The normalized spacial score (nSPS) is 28.7. The number of nitrogens with zero attached hydrogens (tertiary/aromatic N) is 1. The van der Waals surface area contributed by atoms with Gasteiger partial charge in [-0.15, -0.1) is 0 Å². The second-order valence-electron chi connectivity index (χ2n) is 6.65. The van der Waals surface area contributed by atoms with Crippen LogP contribution in [0.5, 0.6) is 0 Å². The zero-order chi connectivity index (χ0) is 12.1. The molecule has 1 heterocycles. The van der Waals surface area contributed by atoms with Gasteiger partial charge in [-0.1, -0.05) is 34.1 Å². The number of rotatable bonds is 4. The SMILES string of the molecule is CC(C)C[C@H]1CCC[C@@H](CC(C)C)N(C)C1. The molecule has 1 saturated heterocycles. The zero-order valence-corrected chi connectivity index (χ0v) is 12.0. The topological polar surface area (TPSA) is 3.24 Å². The van der Waals surface area contributed by atoms with E-state index in [1.807, 2.05) is 0 Å². The van der Waals surface area contributed by atoms with Crippen LogP contribution in [0.3, 0.4) is 0 Å². The summed E-state index contributed by atoms with van der Waals surface area (Å²) in [6.07, 6.45) is 7.11. The minimum Gasteiger partial charge on any atom is -0.303 e. The summed E-state index contributed by atoms with van der Waals surface area (Å²) in [7, 11) is 2.34. The summed E-state index contributed by atoms with van der Waals surface area (Å²) in [5.74, 6) is 2.65. The molecule has 0 spiro atoms. The fraction of sp³-hybridized carbons (Fsp3) is 1.00. The second-order valence-corrected chi connectivity index (χ2v) is 6.65. The predicted octanol–water partition coefficient (Wildman–Crippen LogP) is 4.18. The van der Waals surface area contributed by atoms with Crippen LogP contribution in [-0.4, -0.2) is 24.5 Å². The highest BCUT2D eigenvalue weighted by Gasteiger charge is 2.24. The van der Waals surface area contributed by atoms with Crippen LogP contribution in [0.2, 0.25) is 0 Å². The first-order valence-electron chi connectivity index (χ1n) is 7.19. The van der Waals surface area contributed by atoms with Crippen molar-refractivity contribution in [3.8, 4) is 0 Å². The van der Waals surface area contributed by atoms with E-state index in [2.05, 4.69) is 39.6 Å². The van der Waals surface area contributed by atoms with Crippen molar-refractivity contribution in [1.82, 2.24) is 4.90 Å². The molecule has 1 rings (SSSR count). The molecule has 0 amide bonds. The van der Waals surface area contributed by atoms with Crippen LogP contribution in [0.25, 0.3) is 0 Å². The van der Waals surface area contributed by atoms with Gasteiger partial charge in [0, 0.05) is 12.6 Å². The quantitative estimate of drug-likeness (QED) is 0.694. The van der Waals surface area contributed by atoms with Crippen LogP contribution >= 0.6 is 0 Å². The van der Waals surface area contributed by atoms with Crippen LogP contribution in [-0.2, 0) is 0 Å². The first kappa shape index (κ1) is 14.0. The summed E-state index contributed by atoms with van der Waals surface area (Å²) >= 11 is 0. The second kappa shape index (κ2) is 6.64. The van der Waals surface area contributed by atoms with Gasteiger partial charge in [0.1, 0.15) is 0 Å². The first-order valence-corrected chi connectivity index (χ1v) is 7.19. The highest BCUT2D eigenvalue weighted by molar-refractivity contribution is 4.78. The van der Waals surface area contributed by atoms with Crippen molar-refractivity contribution in [2.45, 2.75) is 65.8 Å². The summed E-state index contributed by atoms with van der Waals surface area (Å²) in [4.78, 5) is 2.64. The molecular formula is C15H31N.